The van der Waals surface area contributed by atoms with E-state index in [4.69, 9.17) is 4.74 Å². The summed E-state index contributed by atoms with van der Waals surface area (Å²) < 4.78 is 182. The van der Waals surface area contributed by atoms with E-state index in [1.54, 1.807) is 5.32 Å². The molecule has 0 unspecified atom stereocenters. The number of halogens is 13. The molecule has 0 aliphatic rings. The second-order valence-corrected chi connectivity index (χ2v) is 7.13. The molecule has 0 bridgehead atoms. The summed E-state index contributed by atoms with van der Waals surface area (Å²) in [5.74, 6) is -37.3. The molecule has 196 valence electrons. The van der Waals surface area contributed by atoms with Crippen LogP contribution in [0.5, 0.6) is 5.75 Å². The van der Waals surface area contributed by atoms with E-state index >= 15 is 0 Å². The number of hydrogen-bond acceptors (Lipinski definition) is 2. The summed E-state index contributed by atoms with van der Waals surface area (Å²) in [6, 6.07) is 5.28. The predicted octanol–water partition coefficient (Wildman–Crippen LogP) is 7.59. The van der Waals surface area contributed by atoms with Gasteiger partial charge in [0, 0.05) is 5.69 Å². The maximum atomic E-state index is 14.9. The van der Waals surface area contributed by atoms with Crippen LogP contribution < -0.4 is 10.1 Å². The molecule has 0 heterocycles. The van der Waals surface area contributed by atoms with Crippen molar-refractivity contribution in [2.75, 3.05) is 12.4 Å². The highest BCUT2D eigenvalue weighted by Crippen LogP contribution is 2.62. The number of hydrogen-bond donors (Lipinski definition) is 1. The summed E-state index contributed by atoms with van der Waals surface area (Å²) in [4.78, 5) is 0. The average molecular weight is 531 g/mol. The highest BCUT2D eigenvalue weighted by Gasteiger charge is 2.91. The zero-order chi connectivity index (χ0) is 27.1. The molecule has 0 saturated heterocycles. The lowest BCUT2D eigenvalue weighted by Crippen LogP contribution is -2.71. The van der Waals surface area contributed by atoms with Crippen LogP contribution in [-0.4, -0.2) is 42.9 Å². The van der Waals surface area contributed by atoms with E-state index in [1.165, 1.54) is 13.2 Å². The van der Waals surface area contributed by atoms with Gasteiger partial charge in [0.25, 0.3) is 0 Å². The molecule has 2 aromatic rings. The molecule has 1 N–H and O–H groups in total. The summed E-state index contributed by atoms with van der Waals surface area (Å²) in [6.07, 6.45) is -7.47. The molecule has 0 aliphatic heterocycles. The minimum absolute atomic E-state index is 0.129. The number of benzene rings is 2. The molecule has 0 spiro atoms. The SMILES string of the molecule is COc1ccc(N[C@H](c2ccccc2)C(F)(F)C(F)(F)C(F)(F)C(F)(F)C(F)(F)C(F)(F)F)cc1. The Morgan fingerprint density at radius 3 is 1.49 bits per heavy atom. The first-order valence-electron chi connectivity index (χ1n) is 9.17. The van der Waals surface area contributed by atoms with Crippen LogP contribution in [0.15, 0.2) is 54.6 Å². The summed E-state index contributed by atoms with van der Waals surface area (Å²) in [6.45, 7) is 0. The second kappa shape index (κ2) is 8.97. The molecule has 35 heavy (non-hydrogen) atoms. The lowest BCUT2D eigenvalue weighted by Gasteiger charge is -2.42. The van der Waals surface area contributed by atoms with Crippen LogP contribution in [0.4, 0.5) is 62.8 Å². The summed E-state index contributed by atoms with van der Waals surface area (Å²) >= 11 is 0. The van der Waals surface area contributed by atoms with Crippen LogP contribution in [0.2, 0.25) is 0 Å². The van der Waals surface area contributed by atoms with Gasteiger partial charge in [0.05, 0.1) is 7.11 Å². The number of rotatable bonds is 9. The van der Waals surface area contributed by atoms with Crippen molar-refractivity contribution in [3.63, 3.8) is 0 Å². The Labute approximate surface area is 188 Å². The third-order valence-corrected chi connectivity index (χ3v) is 4.85. The first-order chi connectivity index (χ1) is 15.8. The van der Waals surface area contributed by atoms with Crippen molar-refractivity contribution in [2.45, 2.75) is 41.8 Å². The van der Waals surface area contributed by atoms with Crippen LogP contribution in [-0.2, 0) is 0 Å². The van der Waals surface area contributed by atoms with Crippen molar-refractivity contribution >= 4 is 5.69 Å². The lowest BCUT2D eigenvalue weighted by molar-refractivity contribution is -0.440. The molecule has 2 rings (SSSR count). The van der Waals surface area contributed by atoms with Gasteiger partial charge >= 0.3 is 35.8 Å². The van der Waals surface area contributed by atoms with Crippen LogP contribution in [0.3, 0.4) is 0 Å². The fraction of sp³-hybridized carbons (Fsp3) is 0.400. The van der Waals surface area contributed by atoms with Gasteiger partial charge in [0.2, 0.25) is 0 Å². The summed E-state index contributed by atoms with van der Waals surface area (Å²) in [5, 5.41) is 1.71. The standard InChI is InChI=1S/C20H14F13NO/c1-35-13-9-7-12(8-10-13)34-14(11-5-3-2-4-6-11)15(21,22)16(23,24)17(25,26)18(27,28)19(29,30)20(31,32)33/h2-10,14,34H,1H3/t14-/m1/s1. The van der Waals surface area contributed by atoms with E-state index < -0.39 is 53.1 Å². The van der Waals surface area contributed by atoms with Crippen molar-refractivity contribution in [3.8, 4) is 5.75 Å². The zero-order valence-electron chi connectivity index (χ0n) is 17.1. The van der Waals surface area contributed by atoms with Gasteiger partial charge in [-0.15, -0.1) is 0 Å². The van der Waals surface area contributed by atoms with Crippen LogP contribution in [0.25, 0.3) is 0 Å². The van der Waals surface area contributed by atoms with Gasteiger partial charge in [-0.25, -0.2) is 0 Å². The Bertz CT molecular complexity index is 988. The predicted molar refractivity (Wildman–Crippen MR) is 96.6 cm³/mol. The minimum Gasteiger partial charge on any atom is -0.497 e. The molecular formula is C20H14F13NO. The van der Waals surface area contributed by atoms with Crippen molar-refractivity contribution in [3.05, 3.63) is 60.2 Å². The number of alkyl halides is 13. The molecule has 0 saturated carbocycles. The Balaban J connectivity index is 2.64. The van der Waals surface area contributed by atoms with Gasteiger partial charge in [-0.2, -0.15) is 57.1 Å². The van der Waals surface area contributed by atoms with E-state index in [0.29, 0.717) is 12.1 Å². The first-order valence-corrected chi connectivity index (χ1v) is 9.17. The second-order valence-electron chi connectivity index (χ2n) is 7.13. The van der Waals surface area contributed by atoms with E-state index in [1.807, 2.05) is 0 Å². The molecule has 2 aromatic carbocycles. The van der Waals surface area contributed by atoms with Gasteiger partial charge in [-0.05, 0) is 29.8 Å². The first kappa shape index (κ1) is 28.4. The third-order valence-electron chi connectivity index (χ3n) is 4.85. The molecule has 15 heteroatoms. The average Bonchev–Trinajstić information content (AvgIpc) is 2.77. The van der Waals surface area contributed by atoms with Gasteiger partial charge < -0.3 is 10.1 Å². The Morgan fingerprint density at radius 2 is 1.06 bits per heavy atom. The van der Waals surface area contributed by atoms with E-state index in [-0.39, 0.29) is 5.75 Å². The van der Waals surface area contributed by atoms with Crippen molar-refractivity contribution < 1.29 is 61.8 Å². The van der Waals surface area contributed by atoms with Crippen LogP contribution in [0.1, 0.15) is 11.6 Å². The largest absolute Gasteiger partial charge is 0.497 e. The zero-order valence-corrected chi connectivity index (χ0v) is 17.1. The number of methoxy groups -OCH3 is 1. The molecule has 0 radical (unpaired) electrons. The van der Waals surface area contributed by atoms with Gasteiger partial charge in [0.15, 0.2) is 0 Å². The molecule has 0 fully saturated rings. The number of nitrogens with one attached hydrogen (secondary N) is 1. The molecule has 0 amide bonds. The van der Waals surface area contributed by atoms with Gasteiger partial charge in [-0.1, -0.05) is 30.3 Å². The van der Waals surface area contributed by atoms with Gasteiger partial charge in [0.1, 0.15) is 11.8 Å². The minimum atomic E-state index is -7.97. The topological polar surface area (TPSA) is 21.3 Å². The number of ether oxygens (including phenoxy) is 1. The summed E-state index contributed by atoms with van der Waals surface area (Å²) in [5.41, 5.74) is -1.37. The van der Waals surface area contributed by atoms with Gasteiger partial charge in [-0.3, -0.25) is 0 Å². The fourth-order valence-corrected chi connectivity index (χ4v) is 2.85. The highest BCUT2D eigenvalue weighted by atomic mass is 19.4. The quantitative estimate of drug-likeness (QED) is 0.337. The van der Waals surface area contributed by atoms with Crippen molar-refractivity contribution in [2.24, 2.45) is 0 Å². The Morgan fingerprint density at radius 1 is 0.600 bits per heavy atom. The monoisotopic (exact) mass is 531 g/mol. The molecule has 0 aromatic heterocycles. The fourth-order valence-electron chi connectivity index (χ4n) is 2.85. The normalized spacial score (nSPS) is 15.0. The molecular weight excluding hydrogens is 517 g/mol. The van der Waals surface area contributed by atoms with E-state index in [2.05, 4.69) is 0 Å². The summed E-state index contributed by atoms with van der Waals surface area (Å²) in [7, 11) is 1.20. The van der Waals surface area contributed by atoms with Crippen LogP contribution in [0, 0.1) is 0 Å². The Kier molecular flexibility index (Phi) is 7.27. The smallest absolute Gasteiger partial charge is 0.460 e. The molecule has 0 aliphatic carbocycles. The highest BCUT2D eigenvalue weighted by molar-refractivity contribution is 5.49. The molecule has 1 atom stereocenters. The van der Waals surface area contributed by atoms with Crippen molar-refractivity contribution in [1.29, 1.82) is 0 Å². The maximum Gasteiger partial charge on any atom is 0.460 e. The maximum absolute atomic E-state index is 14.9. The lowest BCUT2D eigenvalue weighted by atomic mass is 9.87. The third kappa shape index (κ3) is 4.56. The van der Waals surface area contributed by atoms with E-state index in [9.17, 15) is 57.1 Å². The van der Waals surface area contributed by atoms with Crippen molar-refractivity contribution in [1.82, 2.24) is 0 Å². The molecule has 2 nitrogen and oxygen atoms in total. The van der Waals surface area contributed by atoms with E-state index in [0.717, 1.165) is 36.4 Å². The Hall–Kier alpha value is -2.87. The van der Waals surface area contributed by atoms with Crippen LogP contribution >= 0.6 is 0 Å². The number of anilines is 1.